The van der Waals surface area contributed by atoms with E-state index in [0.29, 0.717) is 18.2 Å². The molecule has 0 radical (unpaired) electrons. The van der Waals surface area contributed by atoms with Crippen LogP contribution in [0.4, 0.5) is 11.6 Å². The molecule has 2 aromatic rings. The highest BCUT2D eigenvalue weighted by Crippen LogP contribution is 2.29. The molecule has 1 amide bonds. The van der Waals surface area contributed by atoms with Crippen molar-refractivity contribution in [3.8, 4) is 5.75 Å². The van der Waals surface area contributed by atoms with Crippen LogP contribution in [0.15, 0.2) is 24.4 Å². The van der Waals surface area contributed by atoms with Gasteiger partial charge in [0.05, 0.1) is 12.8 Å². The largest absolute Gasteiger partial charge is 0.497 e. The van der Waals surface area contributed by atoms with Gasteiger partial charge in [-0.3, -0.25) is 4.79 Å². The van der Waals surface area contributed by atoms with Crippen molar-refractivity contribution in [2.75, 3.05) is 25.5 Å². The summed E-state index contributed by atoms with van der Waals surface area (Å²) in [7, 11) is 1.63. The van der Waals surface area contributed by atoms with Crippen LogP contribution in [0.3, 0.4) is 0 Å². The Morgan fingerprint density at radius 3 is 2.81 bits per heavy atom. The fraction of sp³-hybridized carbons (Fsp3) is 0.500. The van der Waals surface area contributed by atoms with Crippen molar-refractivity contribution in [1.82, 2.24) is 19.9 Å². The average molecular weight is 369 g/mol. The molecule has 2 aromatic heterocycles. The second-order valence-corrected chi connectivity index (χ2v) is 7.20. The summed E-state index contributed by atoms with van der Waals surface area (Å²) in [5, 5.41) is 3.26. The molecule has 3 heterocycles. The maximum atomic E-state index is 11.8. The molecule has 0 bridgehead atoms. The maximum absolute atomic E-state index is 11.8. The standard InChI is InChI=1S/C20H27N5O2/c1-13(2)20-22-17(15-6-5-9-25(12-15)14(3)26)11-19(24-20)23-18-10-16(27-4)7-8-21-18/h7-8,10-11,13,15H,5-6,9,12H2,1-4H3,(H,21,22,23,24). The Labute approximate surface area is 160 Å². The minimum atomic E-state index is 0.122. The van der Waals surface area contributed by atoms with Gasteiger partial charge >= 0.3 is 0 Å². The van der Waals surface area contributed by atoms with Crippen LogP contribution >= 0.6 is 0 Å². The van der Waals surface area contributed by atoms with Crippen LogP contribution in [-0.2, 0) is 4.79 Å². The number of aromatic nitrogens is 3. The Bertz CT molecular complexity index is 809. The molecule has 144 valence electrons. The Kier molecular flexibility index (Phi) is 5.88. The summed E-state index contributed by atoms with van der Waals surface area (Å²) in [5.41, 5.74) is 0.977. The molecule has 7 heteroatoms. The number of carbonyl (C=O) groups excluding carboxylic acids is 1. The van der Waals surface area contributed by atoms with Gasteiger partial charge in [0.1, 0.15) is 23.2 Å². The molecule has 1 aliphatic heterocycles. The topological polar surface area (TPSA) is 80.2 Å². The third kappa shape index (κ3) is 4.72. The first kappa shape index (κ1) is 19.1. The second kappa shape index (κ2) is 8.33. The van der Waals surface area contributed by atoms with E-state index in [0.717, 1.165) is 36.7 Å². The molecule has 3 rings (SSSR count). The first-order valence-corrected chi connectivity index (χ1v) is 9.37. The zero-order chi connectivity index (χ0) is 19.4. The Hall–Kier alpha value is -2.70. The van der Waals surface area contributed by atoms with Crippen molar-refractivity contribution in [2.24, 2.45) is 0 Å². The van der Waals surface area contributed by atoms with Crippen LogP contribution < -0.4 is 10.1 Å². The van der Waals surface area contributed by atoms with Crippen molar-refractivity contribution in [1.29, 1.82) is 0 Å². The van der Waals surface area contributed by atoms with Crippen molar-refractivity contribution < 1.29 is 9.53 Å². The van der Waals surface area contributed by atoms with Crippen molar-refractivity contribution >= 4 is 17.5 Å². The summed E-state index contributed by atoms with van der Waals surface area (Å²) in [6.07, 6.45) is 3.71. The quantitative estimate of drug-likeness (QED) is 0.869. The third-order valence-electron chi connectivity index (χ3n) is 4.79. The van der Waals surface area contributed by atoms with Gasteiger partial charge in [-0.1, -0.05) is 13.8 Å². The van der Waals surface area contributed by atoms with Gasteiger partial charge in [0, 0.05) is 50.2 Å². The molecule has 1 N–H and O–H groups in total. The van der Waals surface area contributed by atoms with E-state index in [-0.39, 0.29) is 17.7 Å². The summed E-state index contributed by atoms with van der Waals surface area (Å²) >= 11 is 0. The first-order chi connectivity index (χ1) is 13.0. The van der Waals surface area contributed by atoms with Gasteiger partial charge in [0.25, 0.3) is 0 Å². The van der Waals surface area contributed by atoms with Gasteiger partial charge in [0.15, 0.2) is 0 Å². The molecule has 0 saturated carbocycles. The van der Waals surface area contributed by atoms with Crippen molar-refractivity contribution in [3.05, 3.63) is 35.9 Å². The molecule has 0 spiro atoms. The van der Waals surface area contributed by atoms with E-state index in [9.17, 15) is 4.79 Å². The summed E-state index contributed by atoms with van der Waals surface area (Å²) < 4.78 is 5.26. The molecule has 1 fully saturated rings. The number of rotatable bonds is 5. The molecule has 0 aliphatic carbocycles. The molecule has 0 aromatic carbocycles. The Morgan fingerprint density at radius 1 is 1.30 bits per heavy atom. The zero-order valence-electron chi connectivity index (χ0n) is 16.4. The number of pyridine rings is 1. The highest BCUT2D eigenvalue weighted by molar-refractivity contribution is 5.73. The Morgan fingerprint density at radius 2 is 2.11 bits per heavy atom. The SMILES string of the molecule is COc1ccnc(Nc2cc(C3CCCN(C(C)=O)C3)nc(C(C)C)n2)c1. The normalized spacial score (nSPS) is 17.1. The summed E-state index contributed by atoms with van der Waals surface area (Å²) in [4.78, 5) is 27.5. The number of methoxy groups -OCH3 is 1. The minimum Gasteiger partial charge on any atom is -0.497 e. The predicted molar refractivity (Wildman–Crippen MR) is 104 cm³/mol. The van der Waals surface area contributed by atoms with E-state index < -0.39 is 0 Å². The van der Waals surface area contributed by atoms with E-state index in [1.165, 1.54) is 0 Å². The van der Waals surface area contributed by atoms with Gasteiger partial charge in [-0.25, -0.2) is 15.0 Å². The highest BCUT2D eigenvalue weighted by Gasteiger charge is 2.25. The van der Waals surface area contributed by atoms with Crippen LogP contribution in [0.1, 0.15) is 57.0 Å². The van der Waals surface area contributed by atoms with Gasteiger partial charge in [-0.05, 0) is 18.9 Å². The van der Waals surface area contributed by atoms with Crippen molar-refractivity contribution in [2.45, 2.75) is 45.4 Å². The van der Waals surface area contributed by atoms with Crippen LogP contribution in [0, 0.1) is 0 Å². The smallest absolute Gasteiger partial charge is 0.219 e. The van der Waals surface area contributed by atoms with E-state index >= 15 is 0 Å². The lowest BCUT2D eigenvalue weighted by molar-refractivity contribution is -0.130. The number of nitrogens with one attached hydrogen (secondary N) is 1. The van der Waals surface area contributed by atoms with Crippen LogP contribution in [0.25, 0.3) is 0 Å². The second-order valence-electron chi connectivity index (χ2n) is 7.20. The molecule has 1 atom stereocenters. The lowest BCUT2D eigenvalue weighted by Gasteiger charge is -2.32. The minimum absolute atomic E-state index is 0.122. The predicted octanol–water partition coefficient (Wildman–Crippen LogP) is 3.47. The molecule has 1 aliphatic rings. The summed E-state index contributed by atoms with van der Waals surface area (Å²) in [5.74, 6) is 3.45. The maximum Gasteiger partial charge on any atom is 0.219 e. The van der Waals surface area contributed by atoms with E-state index in [1.807, 2.05) is 17.0 Å². The zero-order valence-corrected chi connectivity index (χ0v) is 16.4. The molecule has 7 nitrogen and oxygen atoms in total. The van der Waals surface area contributed by atoms with Crippen molar-refractivity contribution in [3.63, 3.8) is 0 Å². The Balaban J connectivity index is 1.89. The van der Waals surface area contributed by atoms with Gasteiger partial charge in [0.2, 0.25) is 5.91 Å². The number of nitrogens with zero attached hydrogens (tertiary/aromatic N) is 4. The first-order valence-electron chi connectivity index (χ1n) is 9.37. The summed E-state index contributed by atoms with van der Waals surface area (Å²) in [6, 6.07) is 5.60. The van der Waals surface area contributed by atoms with Gasteiger partial charge < -0.3 is 15.0 Å². The lowest BCUT2D eigenvalue weighted by Crippen LogP contribution is -2.38. The number of ether oxygens (including phenoxy) is 1. The van der Waals surface area contributed by atoms with E-state index in [1.54, 1.807) is 26.3 Å². The van der Waals surface area contributed by atoms with Gasteiger partial charge in [-0.2, -0.15) is 0 Å². The monoisotopic (exact) mass is 369 g/mol. The molecule has 1 saturated heterocycles. The van der Waals surface area contributed by atoms with E-state index in [2.05, 4.69) is 29.1 Å². The van der Waals surface area contributed by atoms with Crippen LogP contribution in [0.2, 0.25) is 0 Å². The number of hydrogen-bond donors (Lipinski definition) is 1. The molecular weight excluding hydrogens is 342 g/mol. The molecule has 27 heavy (non-hydrogen) atoms. The lowest BCUT2D eigenvalue weighted by atomic mass is 9.94. The summed E-state index contributed by atoms with van der Waals surface area (Å²) in [6.45, 7) is 7.32. The number of carbonyl (C=O) groups is 1. The highest BCUT2D eigenvalue weighted by atomic mass is 16.5. The third-order valence-corrected chi connectivity index (χ3v) is 4.79. The van der Waals surface area contributed by atoms with Gasteiger partial charge in [-0.15, -0.1) is 0 Å². The number of amides is 1. The fourth-order valence-corrected chi connectivity index (χ4v) is 3.26. The number of likely N-dealkylation sites (tertiary alicyclic amines) is 1. The van der Waals surface area contributed by atoms with E-state index in [4.69, 9.17) is 9.72 Å². The molecular formula is C20H27N5O2. The molecule has 1 unspecified atom stereocenters. The number of hydrogen-bond acceptors (Lipinski definition) is 6. The number of piperidine rings is 1. The number of anilines is 2. The fourth-order valence-electron chi connectivity index (χ4n) is 3.26. The average Bonchev–Trinajstić information content (AvgIpc) is 2.68. The van der Waals surface area contributed by atoms with Crippen LogP contribution in [0.5, 0.6) is 5.75 Å². The van der Waals surface area contributed by atoms with Crippen LogP contribution in [-0.4, -0.2) is 46.0 Å².